The highest BCUT2D eigenvalue weighted by molar-refractivity contribution is 6.70. The van der Waals surface area contributed by atoms with Crippen molar-refractivity contribution in [2.75, 3.05) is 0 Å². The lowest BCUT2D eigenvalue weighted by Crippen LogP contribution is -2.24. The van der Waals surface area contributed by atoms with Gasteiger partial charge in [-0.05, 0) is 51.9 Å². The van der Waals surface area contributed by atoms with Gasteiger partial charge in [-0.2, -0.15) is 0 Å². The molecular weight excluding hydrogens is 188 g/mol. The van der Waals surface area contributed by atoms with Gasteiger partial charge in [0.1, 0.15) is 0 Å². The van der Waals surface area contributed by atoms with Crippen LogP contribution in [0, 0.1) is 12.3 Å². The fraction of sp³-hybridized carbons (Fsp3) is 0.667. The third-order valence-corrected chi connectivity index (χ3v) is 2.85. The summed E-state index contributed by atoms with van der Waals surface area (Å²) < 4.78 is 5.90. The quantitative estimate of drug-likeness (QED) is 0.289. The summed E-state index contributed by atoms with van der Waals surface area (Å²) in [6, 6.07) is 0. The lowest BCUT2D eigenvalue weighted by atomic mass is 10.1. The molecule has 0 fully saturated rings. The third kappa shape index (κ3) is 6.79. The minimum Gasteiger partial charge on any atom is -0.548 e. The van der Waals surface area contributed by atoms with Crippen molar-refractivity contribution in [2.24, 2.45) is 0 Å². The van der Waals surface area contributed by atoms with E-state index in [1.54, 1.807) is 0 Å². The largest absolute Gasteiger partial charge is 0.548 e. The van der Waals surface area contributed by atoms with Gasteiger partial charge < -0.3 is 4.43 Å². The van der Waals surface area contributed by atoms with Crippen LogP contribution in [-0.4, -0.2) is 8.32 Å². The summed E-state index contributed by atoms with van der Waals surface area (Å²) in [5, 5.41) is 0. The predicted molar refractivity (Wildman–Crippen MR) is 65.5 cm³/mol. The molecule has 0 aliphatic heterocycles. The van der Waals surface area contributed by atoms with Crippen molar-refractivity contribution in [3.8, 4) is 12.3 Å². The van der Waals surface area contributed by atoms with Crippen LogP contribution < -0.4 is 0 Å². The first kappa shape index (κ1) is 13.3. The number of unbranched alkanes of at least 4 members (excludes halogenated alkanes) is 1. The Bertz CT molecular complexity index is 240. The fourth-order valence-corrected chi connectivity index (χ4v) is 2.27. The first-order valence-electron chi connectivity index (χ1n) is 5.15. The van der Waals surface area contributed by atoms with E-state index in [0.717, 1.165) is 25.0 Å². The van der Waals surface area contributed by atoms with Crippen molar-refractivity contribution in [2.45, 2.75) is 52.8 Å². The summed E-state index contributed by atoms with van der Waals surface area (Å²) >= 11 is 0. The van der Waals surface area contributed by atoms with Crippen LogP contribution in [0.1, 0.15) is 33.1 Å². The van der Waals surface area contributed by atoms with E-state index >= 15 is 0 Å². The zero-order valence-electron chi connectivity index (χ0n) is 10.1. The van der Waals surface area contributed by atoms with Gasteiger partial charge in [-0.3, -0.25) is 0 Å². The number of allylic oxidation sites excluding steroid dienone is 2. The highest BCUT2D eigenvalue weighted by Crippen LogP contribution is 2.17. The highest BCUT2D eigenvalue weighted by atomic mass is 28.4. The molecule has 0 bridgehead atoms. The van der Waals surface area contributed by atoms with E-state index in [4.69, 9.17) is 10.8 Å². The van der Waals surface area contributed by atoms with Crippen molar-refractivity contribution >= 4 is 8.32 Å². The second-order valence-corrected chi connectivity index (χ2v) is 9.04. The second-order valence-electron chi connectivity index (χ2n) is 4.61. The van der Waals surface area contributed by atoms with Gasteiger partial charge in [-0.25, -0.2) is 0 Å². The molecule has 0 aromatic heterocycles. The average molecular weight is 210 g/mol. The molecule has 14 heavy (non-hydrogen) atoms. The van der Waals surface area contributed by atoms with Crippen LogP contribution in [0.5, 0.6) is 0 Å². The van der Waals surface area contributed by atoms with Crippen molar-refractivity contribution in [3.05, 3.63) is 11.3 Å². The van der Waals surface area contributed by atoms with Crippen LogP contribution in [0.3, 0.4) is 0 Å². The molecule has 0 rings (SSSR count). The van der Waals surface area contributed by atoms with Crippen molar-refractivity contribution in [1.82, 2.24) is 0 Å². The summed E-state index contributed by atoms with van der Waals surface area (Å²) in [7, 11) is -1.43. The van der Waals surface area contributed by atoms with E-state index in [9.17, 15) is 0 Å². The Hall–Kier alpha value is -0.683. The predicted octanol–water partition coefficient (Wildman–Crippen LogP) is 3.94. The number of rotatable bonds is 5. The molecule has 0 N–H and O–H groups in total. The monoisotopic (exact) mass is 210 g/mol. The van der Waals surface area contributed by atoms with Crippen LogP contribution in [0.25, 0.3) is 0 Å². The van der Waals surface area contributed by atoms with Gasteiger partial charge in [-0.1, -0.05) is 0 Å². The molecule has 80 valence electrons. The number of terminal acetylenes is 1. The van der Waals surface area contributed by atoms with Crippen molar-refractivity contribution in [3.63, 3.8) is 0 Å². The molecule has 0 radical (unpaired) electrons. The number of hydrogen-bond acceptors (Lipinski definition) is 1. The maximum Gasteiger partial charge on any atom is 0.241 e. The summed E-state index contributed by atoms with van der Waals surface area (Å²) in [4.78, 5) is 0. The van der Waals surface area contributed by atoms with Crippen LogP contribution >= 0.6 is 0 Å². The molecule has 0 unspecified atom stereocenters. The standard InChI is InChI=1S/C12H22OSi/c1-7-8-9-10-11(2)12(3)13-14(4,5)6/h1H,8-10H2,2-6H3/b12-11+. The Morgan fingerprint density at radius 2 is 1.86 bits per heavy atom. The van der Waals surface area contributed by atoms with E-state index in [0.29, 0.717) is 0 Å². The minimum atomic E-state index is -1.43. The van der Waals surface area contributed by atoms with E-state index in [-0.39, 0.29) is 0 Å². The Morgan fingerprint density at radius 3 is 2.29 bits per heavy atom. The molecule has 1 nitrogen and oxygen atoms in total. The zero-order valence-corrected chi connectivity index (χ0v) is 11.1. The van der Waals surface area contributed by atoms with Gasteiger partial charge in [0, 0.05) is 6.42 Å². The maximum absolute atomic E-state index is 5.90. The lowest BCUT2D eigenvalue weighted by Gasteiger charge is -2.21. The summed E-state index contributed by atoms with van der Waals surface area (Å²) in [6.07, 6.45) is 8.18. The highest BCUT2D eigenvalue weighted by Gasteiger charge is 2.16. The molecule has 0 aliphatic rings. The first-order valence-corrected chi connectivity index (χ1v) is 8.56. The molecule has 0 spiro atoms. The topological polar surface area (TPSA) is 9.23 Å². The van der Waals surface area contributed by atoms with Gasteiger partial charge >= 0.3 is 0 Å². The summed E-state index contributed by atoms with van der Waals surface area (Å²) in [5.41, 5.74) is 1.34. The van der Waals surface area contributed by atoms with E-state index in [1.165, 1.54) is 5.57 Å². The van der Waals surface area contributed by atoms with Crippen LogP contribution in [-0.2, 0) is 4.43 Å². The Balaban J connectivity index is 4.10. The number of hydrogen-bond donors (Lipinski definition) is 0. The van der Waals surface area contributed by atoms with Gasteiger partial charge in [0.05, 0.1) is 5.76 Å². The molecular formula is C12H22OSi. The molecule has 0 amide bonds. The molecule has 0 aromatic carbocycles. The van der Waals surface area contributed by atoms with E-state index in [1.807, 2.05) is 0 Å². The molecule has 0 atom stereocenters. The van der Waals surface area contributed by atoms with Gasteiger partial charge in [0.15, 0.2) is 0 Å². The smallest absolute Gasteiger partial charge is 0.241 e. The Labute approximate surface area is 89.7 Å². The molecule has 0 aliphatic carbocycles. The SMILES string of the molecule is C#CCCC/C(C)=C(\C)O[Si](C)(C)C. The second kappa shape index (κ2) is 5.92. The fourth-order valence-electron chi connectivity index (χ4n) is 1.18. The van der Waals surface area contributed by atoms with Crippen LogP contribution in [0.4, 0.5) is 0 Å². The minimum absolute atomic E-state index is 0.859. The van der Waals surface area contributed by atoms with E-state index in [2.05, 4.69) is 39.4 Å². The van der Waals surface area contributed by atoms with Crippen LogP contribution in [0.15, 0.2) is 11.3 Å². The third-order valence-electron chi connectivity index (χ3n) is 1.93. The van der Waals surface area contributed by atoms with Gasteiger partial charge in [-0.15, -0.1) is 12.3 Å². The van der Waals surface area contributed by atoms with Crippen molar-refractivity contribution in [1.29, 1.82) is 0 Å². The Morgan fingerprint density at radius 1 is 1.29 bits per heavy atom. The summed E-state index contributed by atoms with van der Waals surface area (Å²) in [6.45, 7) is 10.8. The summed E-state index contributed by atoms with van der Waals surface area (Å²) in [5.74, 6) is 3.75. The normalized spacial score (nSPS) is 13.1. The van der Waals surface area contributed by atoms with E-state index < -0.39 is 8.32 Å². The maximum atomic E-state index is 5.90. The first-order chi connectivity index (χ1) is 6.37. The Kier molecular flexibility index (Phi) is 5.64. The lowest BCUT2D eigenvalue weighted by molar-refractivity contribution is 0.414. The van der Waals surface area contributed by atoms with Crippen LogP contribution in [0.2, 0.25) is 19.6 Å². The molecule has 0 aromatic rings. The zero-order chi connectivity index (χ0) is 11.2. The van der Waals surface area contributed by atoms with Gasteiger partial charge in [0.25, 0.3) is 0 Å². The van der Waals surface area contributed by atoms with Gasteiger partial charge in [0.2, 0.25) is 8.32 Å². The molecule has 0 saturated heterocycles. The van der Waals surface area contributed by atoms with Crippen molar-refractivity contribution < 1.29 is 4.43 Å². The molecule has 2 heteroatoms. The average Bonchev–Trinajstić information content (AvgIpc) is 2.01. The molecule has 0 heterocycles. The molecule has 0 saturated carbocycles.